The van der Waals surface area contributed by atoms with Gasteiger partial charge in [-0.25, -0.2) is 0 Å². The Balaban J connectivity index is 1.36. The van der Waals surface area contributed by atoms with Gasteiger partial charge < -0.3 is 9.94 Å². The molecule has 0 aliphatic heterocycles. The van der Waals surface area contributed by atoms with E-state index in [9.17, 15) is 10.1 Å². The first kappa shape index (κ1) is 29.4. The zero-order valence-electron chi connectivity index (χ0n) is 24.0. The molecule has 2 fully saturated rings. The second-order valence-electron chi connectivity index (χ2n) is 12.7. The fraction of sp³-hybridized carbons (Fsp3) is 0.758. The first-order valence-electron chi connectivity index (χ1n) is 15.5. The van der Waals surface area contributed by atoms with E-state index in [0.717, 1.165) is 44.2 Å². The molecule has 0 saturated heterocycles. The van der Waals surface area contributed by atoms with Gasteiger partial charge in [-0.2, -0.15) is 10.5 Å². The second kappa shape index (κ2) is 13.6. The third-order valence-electron chi connectivity index (χ3n) is 10.7. The Kier molecular flexibility index (Phi) is 10.3. The molecule has 0 bridgehead atoms. The van der Waals surface area contributed by atoms with Gasteiger partial charge >= 0.3 is 5.97 Å². The number of fused-ring (bicyclic) bond motifs is 4. The van der Waals surface area contributed by atoms with E-state index in [4.69, 9.17) is 15.2 Å². The van der Waals surface area contributed by atoms with Crippen LogP contribution in [0.1, 0.15) is 129 Å². The molecule has 1 N–H and O–H groups in total. The minimum atomic E-state index is -0.686. The quantitative estimate of drug-likeness (QED) is 0.178. The van der Waals surface area contributed by atoms with E-state index >= 15 is 0 Å². The van der Waals surface area contributed by atoms with Gasteiger partial charge in [-0.1, -0.05) is 56.2 Å². The summed E-state index contributed by atoms with van der Waals surface area (Å²) in [5.41, 5.74) is 6.21. The normalized spacial score (nSPS) is 30.5. The van der Waals surface area contributed by atoms with Gasteiger partial charge in [-0.05, 0) is 104 Å². The standard InChI is InChI=1S/C33H47N3O3/c1-32-18-15-28-27-14-12-26(36-39-23-9-21-34)24-25(27)11-13-29(28)30(32)16-19-33(32,20-22-35)17-8-6-4-2-3-5-7-10-31(37)38/h24,29-30H,2-20,23H2,1H3,(H,37,38)/t29?,30?,32-,33-/m0/s1. The first-order valence-corrected chi connectivity index (χ1v) is 15.5. The number of aliphatic carboxylic acids is 1. The molecule has 0 aromatic carbocycles. The van der Waals surface area contributed by atoms with E-state index in [1.165, 1.54) is 69.8 Å². The summed E-state index contributed by atoms with van der Waals surface area (Å²) in [4.78, 5) is 16.0. The minimum absolute atomic E-state index is 0.160. The zero-order chi connectivity index (χ0) is 27.7. The van der Waals surface area contributed by atoms with Gasteiger partial charge in [0.2, 0.25) is 0 Å². The number of nitrogens with zero attached hydrogens (tertiary/aromatic N) is 3. The van der Waals surface area contributed by atoms with E-state index in [1.54, 1.807) is 11.1 Å². The van der Waals surface area contributed by atoms with Gasteiger partial charge in [0.25, 0.3) is 0 Å². The van der Waals surface area contributed by atoms with Crippen LogP contribution in [0, 0.1) is 45.3 Å². The average molecular weight is 534 g/mol. The fourth-order valence-electron chi connectivity index (χ4n) is 8.63. The van der Waals surface area contributed by atoms with Gasteiger partial charge in [0.1, 0.15) is 6.61 Å². The molecule has 0 heterocycles. The monoisotopic (exact) mass is 533 g/mol. The molecule has 6 nitrogen and oxygen atoms in total. The molecule has 0 aromatic rings. The Morgan fingerprint density at radius 2 is 1.79 bits per heavy atom. The summed E-state index contributed by atoms with van der Waals surface area (Å²) >= 11 is 0. The van der Waals surface area contributed by atoms with Gasteiger partial charge in [0.05, 0.1) is 24.3 Å². The molecule has 0 spiro atoms. The number of oxime groups is 1. The topological polar surface area (TPSA) is 106 Å². The van der Waals surface area contributed by atoms with Crippen molar-refractivity contribution < 1.29 is 14.7 Å². The van der Waals surface area contributed by atoms with Crippen molar-refractivity contribution in [3.05, 3.63) is 22.8 Å². The van der Waals surface area contributed by atoms with E-state index in [0.29, 0.717) is 37.7 Å². The van der Waals surface area contributed by atoms with Crippen molar-refractivity contribution in [1.29, 1.82) is 10.5 Å². The summed E-state index contributed by atoms with van der Waals surface area (Å²) in [5.74, 6) is 0.684. The first-order chi connectivity index (χ1) is 18.9. The van der Waals surface area contributed by atoms with Crippen LogP contribution in [0.15, 0.2) is 28.0 Å². The molecular formula is C33H47N3O3. The summed E-state index contributed by atoms with van der Waals surface area (Å²) in [6, 6.07) is 4.72. The lowest BCUT2D eigenvalue weighted by Gasteiger charge is -2.53. The van der Waals surface area contributed by atoms with Gasteiger partial charge in [0.15, 0.2) is 0 Å². The number of nitriles is 2. The molecule has 2 unspecified atom stereocenters. The second-order valence-corrected chi connectivity index (χ2v) is 12.7. The molecule has 0 aromatic heterocycles. The van der Waals surface area contributed by atoms with Gasteiger partial charge in [0, 0.05) is 12.8 Å². The lowest BCUT2D eigenvalue weighted by atomic mass is 9.50. The number of carbonyl (C=O) groups is 1. The number of hydrogen-bond donors (Lipinski definition) is 1. The lowest BCUT2D eigenvalue weighted by Crippen LogP contribution is -2.45. The highest BCUT2D eigenvalue weighted by Gasteiger charge is 2.60. The van der Waals surface area contributed by atoms with E-state index in [-0.39, 0.29) is 10.8 Å². The van der Waals surface area contributed by atoms with Crippen LogP contribution in [0.25, 0.3) is 0 Å². The molecule has 4 rings (SSSR count). The van der Waals surface area contributed by atoms with Crippen molar-refractivity contribution in [2.24, 2.45) is 27.8 Å². The SMILES string of the molecule is C[C@]12CCC3=C4CCC(=NOCCC#N)C=C4CCC3C1CC[C@]2(CC#N)CCCCCCCCCC(=O)O. The van der Waals surface area contributed by atoms with E-state index in [2.05, 4.69) is 30.3 Å². The van der Waals surface area contributed by atoms with Crippen molar-refractivity contribution in [3.8, 4) is 12.1 Å². The Labute approximate surface area is 235 Å². The molecule has 4 aliphatic rings. The number of allylic oxidation sites excluding steroid dienone is 4. The molecule has 212 valence electrons. The number of carboxylic acids is 1. The van der Waals surface area contributed by atoms with Crippen molar-refractivity contribution in [1.82, 2.24) is 0 Å². The van der Waals surface area contributed by atoms with Crippen molar-refractivity contribution in [2.75, 3.05) is 6.61 Å². The molecular weight excluding hydrogens is 486 g/mol. The van der Waals surface area contributed by atoms with Crippen LogP contribution in [0.5, 0.6) is 0 Å². The number of hydrogen-bond acceptors (Lipinski definition) is 5. The maximum Gasteiger partial charge on any atom is 0.303 e. The Morgan fingerprint density at radius 1 is 1.03 bits per heavy atom. The lowest BCUT2D eigenvalue weighted by molar-refractivity contribution is -0.137. The van der Waals surface area contributed by atoms with Gasteiger partial charge in [-0.15, -0.1) is 0 Å². The van der Waals surface area contributed by atoms with Crippen LogP contribution in [0.3, 0.4) is 0 Å². The highest BCUT2D eigenvalue weighted by Crippen LogP contribution is 2.69. The molecule has 4 aliphatic carbocycles. The highest BCUT2D eigenvalue weighted by atomic mass is 16.6. The summed E-state index contributed by atoms with van der Waals surface area (Å²) in [6.45, 7) is 2.90. The Bertz CT molecular complexity index is 1060. The van der Waals surface area contributed by atoms with Crippen LogP contribution in [0.2, 0.25) is 0 Å². The van der Waals surface area contributed by atoms with E-state index in [1.807, 2.05) is 0 Å². The fourth-order valence-corrected chi connectivity index (χ4v) is 8.63. The average Bonchev–Trinajstić information content (AvgIpc) is 3.22. The molecule has 6 heteroatoms. The molecule has 0 radical (unpaired) electrons. The summed E-state index contributed by atoms with van der Waals surface area (Å²) in [5, 5.41) is 31.7. The molecule has 39 heavy (non-hydrogen) atoms. The zero-order valence-corrected chi connectivity index (χ0v) is 24.0. The molecule has 0 amide bonds. The largest absolute Gasteiger partial charge is 0.481 e. The third-order valence-corrected chi connectivity index (χ3v) is 10.7. The number of unbranched alkanes of at least 4 members (excludes halogenated alkanes) is 6. The number of carboxylic acid groups (broad SMARTS) is 1. The predicted octanol–water partition coefficient (Wildman–Crippen LogP) is 8.41. The van der Waals surface area contributed by atoms with Crippen molar-refractivity contribution in [3.63, 3.8) is 0 Å². The maximum absolute atomic E-state index is 10.7. The minimum Gasteiger partial charge on any atom is -0.481 e. The smallest absolute Gasteiger partial charge is 0.303 e. The summed E-state index contributed by atoms with van der Waals surface area (Å²) < 4.78 is 0. The maximum atomic E-state index is 10.7. The molecule has 4 atom stereocenters. The van der Waals surface area contributed by atoms with Crippen LogP contribution in [0.4, 0.5) is 0 Å². The molecule has 2 saturated carbocycles. The third kappa shape index (κ3) is 6.59. The van der Waals surface area contributed by atoms with Crippen molar-refractivity contribution in [2.45, 2.75) is 129 Å². The summed E-state index contributed by atoms with van der Waals surface area (Å²) in [6.07, 6.45) is 21.8. The predicted molar refractivity (Wildman–Crippen MR) is 153 cm³/mol. The van der Waals surface area contributed by atoms with E-state index < -0.39 is 5.97 Å². The summed E-state index contributed by atoms with van der Waals surface area (Å²) in [7, 11) is 0. The Hall–Kier alpha value is -2.60. The van der Waals surface area contributed by atoms with Crippen LogP contribution < -0.4 is 0 Å². The van der Waals surface area contributed by atoms with Crippen LogP contribution in [-0.2, 0) is 9.63 Å². The van der Waals surface area contributed by atoms with Crippen LogP contribution in [-0.4, -0.2) is 23.4 Å². The van der Waals surface area contributed by atoms with Crippen molar-refractivity contribution >= 4 is 11.7 Å². The number of rotatable bonds is 14. The van der Waals surface area contributed by atoms with Gasteiger partial charge in [-0.3, -0.25) is 4.79 Å². The Morgan fingerprint density at radius 3 is 2.54 bits per heavy atom. The highest BCUT2D eigenvalue weighted by molar-refractivity contribution is 5.97. The van der Waals surface area contributed by atoms with Crippen LogP contribution >= 0.6 is 0 Å².